The van der Waals surface area contributed by atoms with Gasteiger partial charge in [-0.15, -0.1) is 0 Å². The van der Waals surface area contributed by atoms with Crippen molar-refractivity contribution in [1.82, 2.24) is 0 Å². The van der Waals surface area contributed by atoms with Crippen LogP contribution in [0.5, 0.6) is 5.75 Å². The number of hydrogen-bond acceptors (Lipinski definition) is 3. The number of ether oxygens (including phenoxy) is 1. The number of hydrogen-bond donors (Lipinski definition) is 2. The Hall–Kier alpha value is -1.91. The van der Waals surface area contributed by atoms with Crippen molar-refractivity contribution in [2.45, 2.75) is 64.9 Å². The summed E-state index contributed by atoms with van der Waals surface area (Å²) in [5.41, 5.74) is 6.87. The summed E-state index contributed by atoms with van der Waals surface area (Å²) in [4.78, 5) is 17.7. The molecule has 1 aliphatic carbocycles. The summed E-state index contributed by atoms with van der Waals surface area (Å²) >= 11 is 0. The number of allylic oxidation sites excluding steroid dienone is 1. The van der Waals surface area contributed by atoms with Gasteiger partial charge in [0.1, 0.15) is 5.75 Å². The van der Waals surface area contributed by atoms with E-state index in [2.05, 4.69) is 57.4 Å². The maximum atomic E-state index is 10.9. The van der Waals surface area contributed by atoms with Crippen LogP contribution >= 0.6 is 7.82 Å². The van der Waals surface area contributed by atoms with Gasteiger partial charge in [0.25, 0.3) is 0 Å². The van der Waals surface area contributed by atoms with Crippen molar-refractivity contribution in [1.29, 1.82) is 0 Å². The van der Waals surface area contributed by atoms with Crippen molar-refractivity contribution in [3.8, 4) is 5.75 Å². The minimum Gasteiger partial charge on any atom is -0.496 e. The van der Waals surface area contributed by atoms with Crippen LogP contribution in [0.2, 0.25) is 0 Å². The van der Waals surface area contributed by atoms with E-state index in [1.165, 1.54) is 11.1 Å². The lowest BCUT2D eigenvalue weighted by Crippen LogP contribution is -2.34. The van der Waals surface area contributed by atoms with Crippen LogP contribution in [0.25, 0.3) is 11.6 Å². The minimum atomic E-state index is -4.47. The van der Waals surface area contributed by atoms with E-state index < -0.39 is 7.82 Å². The van der Waals surface area contributed by atoms with Crippen molar-refractivity contribution in [3.05, 3.63) is 64.2 Å². The molecule has 0 aromatic heterocycles. The average Bonchev–Trinajstić information content (AvgIpc) is 2.69. The smallest absolute Gasteiger partial charge is 0.469 e. The molecule has 0 spiro atoms. The molecule has 0 radical (unpaired) electrons. The number of fused-ring (bicyclic) bond motifs is 1. The molecule has 0 fully saturated rings. The topological polar surface area (TPSA) is 76.0 Å². The number of rotatable bonds is 6. The molecular formula is C25H33O5P. The van der Waals surface area contributed by atoms with E-state index in [0.717, 1.165) is 35.3 Å². The Morgan fingerprint density at radius 2 is 1.58 bits per heavy atom. The molecule has 0 aliphatic heterocycles. The first kappa shape index (κ1) is 23.7. The Labute approximate surface area is 185 Å². The largest absolute Gasteiger partial charge is 0.496 e. The van der Waals surface area contributed by atoms with Crippen molar-refractivity contribution in [2.75, 3.05) is 7.11 Å². The summed E-state index contributed by atoms with van der Waals surface area (Å²) in [5.74, 6) is 0.880. The molecule has 2 aromatic carbocycles. The normalized spacial score (nSPS) is 17.9. The second-order valence-electron chi connectivity index (χ2n) is 9.70. The van der Waals surface area contributed by atoms with Crippen molar-refractivity contribution in [3.63, 3.8) is 0 Å². The molecule has 0 saturated carbocycles. The highest BCUT2D eigenvalue weighted by atomic mass is 31.2. The van der Waals surface area contributed by atoms with E-state index in [-0.39, 0.29) is 17.4 Å². The molecule has 2 N–H and O–H groups in total. The van der Waals surface area contributed by atoms with E-state index in [1.807, 2.05) is 24.3 Å². The SMILES string of the molecule is COc1cc2c(cc1C(C)=Cc1ccc(COP(=O)(O)O)cc1)C(C)(C)CCC2(C)C. The third-order valence-electron chi connectivity index (χ3n) is 6.36. The first-order valence-corrected chi connectivity index (χ1v) is 12.1. The molecule has 5 nitrogen and oxygen atoms in total. The van der Waals surface area contributed by atoms with Gasteiger partial charge in [0.15, 0.2) is 0 Å². The van der Waals surface area contributed by atoms with E-state index >= 15 is 0 Å². The number of phosphoric ester groups is 1. The van der Waals surface area contributed by atoms with E-state index in [1.54, 1.807) is 7.11 Å². The van der Waals surface area contributed by atoms with Gasteiger partial charge in [0.2, 0.25) is 0 Å². The molecule has 0 saturated heterocycles. The van der Waals surface area contributed by atoms with Crippen molar-refractivity contribution < 1.29 is 23.6 Å². The van der Waals surface area contributed by atoms with Gasteiger partial charge in [-0.05, 0) is 70.6 Å². The molecule has 0 bridgehead atoms. The molecule has 0 heterocycles. The Morgan fingerprint density at radius 3 is 2.10 bits per heavy atom. The van der Waals surface area contributed by atoms with Gasteiger partial charge in [-0.25, -0.2) is 4.57 Å². The van der Waals surface area contributed by atoms with Gasteiger partial charge >= 0.3 is 7.82 Å². The average molecular weight is 445 g/mol. The molecule has 3 rings (SSSR count). The molecule has 0 unspecified atom stereocenters. The molecule has 168 valence electrons. The quantitative estimate of drug-likeness (QED) is 0.409. The number of methoxy groups -OCH3 is 1. The van der Waals surface area contributed by atoms with Crippen molar-refractivity contribution >= 4 is 19.5 Å². The maximum absolute atomic E-state index is 10.9. The highest BCUT2D eigenvalue weighted by Gasteiger charge is 2.38. The Morgan fingerprint density at radius 1 is 1.03 bits per heavy atom. The van der Waals surface area contributed by atoms with Crippen LogP contribution in [-0.2, 0) is 26.5 Å². The third kappa shape index (κ3) is 5.48. The fourth-order valence-corrected chi connectivity index (χ4v) is 4.58. The first-order valence-electron chi connectivity index (χ1n) is 10.5. The lowest BCUT2D eigenvalue weighted by molar-refractivity contribution is 0.189. The van der Waals surface area contributed by atoms with Crippen LogP contribution in [0.1, 0.15) is 75.3 Å². The zero-order valence-corrected chi connectivity index (χ0v) is 20.1. The summed E-state index contributed by atoms with van der Waals surface area (Å²) in [6.45, 7) is 11.2. The van der Waals surface area contributed by atoms with Gasteiger partial charge in [-0.1, -0.05) is 58.0 Å². The number of phosphoric acid groups is 1. The van der Waals surface area contributed by atoms with Crippen molar-refractivity contribution in [2.24, 2.45) is 0 Å². The maximum Gasteiger partial charge on any atom is 0.469 e. The predicted molar refractivity (Wildman–Crippen MR) is 125 cm³/mol. The van der Waals surface area contributed by atoms with Gasteiger partial charge < -0.3 is 14.5 Å². The summed E-state index contributed by atoms with van der Waals surface area (Å²) in [5, 5.41) is 0. The van der Waals surface area contributed by atoms with Gasteiger partial charge in [0.05, 0.1) is 13.7 Å². The second kappa shape index (κ2) is 8.55. The van der Waals surface area contributed by atoms with Gasteiger partial charge in [-0.2, -0.15) is 0 Å². The second-order valence-corrected chi connectivity index (χ2v) is 10.9. The highest BCUT2D eigenvalue weighted by molar-refractivity contribution is 7.46. The lowest BCUT2D eigenvalue weighted by atomic mass is 9.62. The molecule has 6 heteroatoms. The van der Waals surface area contributed by atoms with E-state index in [0.29, 0.717) is 5.56 Å². The van der Waals surface area contributed by atoms with Gasteiger partial charge in [-0.3, -0.25) is 4.52 Å². The zero-order valence-electron chi connectivity index (χ0n) is 19.2. The summed E-state index contributed by atoms with van der Waals surface area (Å²) in [6.07, 6.45) is 4.40. The summed E-state index contributed by atoms with van der Waals surface area (Å²) in [6, 6.07) is 12.0. The van der Waals surface area contributed by atoms with Crippen LogP contribution in [0.4, 0.5) is 0 Å². The molecule has 0 atom stereocenters. The molecule has 0 amide bonds. The van der Waals surface area contributed by atoms with Gasteiger partial charge in [0, 0.05) is 5.56 Å². The van der Waals surface area contributed by atoms with Crippen LogP contribution in [0.3, 0.4) is 0 Å². The fourth-order valence-electron chi connectivity index (χ4n) is 4.27. The van der Waals surface area contributed by atoms with E-state index in [4.69, 9.17) is 14.5 Å². The minimum absolute atomic E-state index is 0.118. The van der Waals surface area contributed by atoms with Crippen LogP contribution in [-0.4, -0.2) is 16.9 Å². The Bertz CT molecular complexity index is 1030. The molecular weight excluding hydrogens is 411 g/mol. The Balaban J connectivity index is 1.95. The standard InChI is InChI=1S/C25H33O5P/c1-17(13-18-7-9-19(10-8-18)16-30-31(26,27)28)20-14-21-22(15-23(20)29-6)25(4,5)12-11-24(21,2)3/h7-10,13-15H,11-12,16H2,1-6H3,(H2,26,27,28). The highest BCUT2D eigenvalue weighted by Crippen LogP contribution is 2.48. The summed E-state index contributed by atoms with van der Waals surface area (Å²) in [7, 11) is -2.75. The zero-order chi connectivity index (χ0) is 23.0. The lowest BCUT2D eigenvalue weighted by Gasteiger charge is -2.42. The first-order chi connectivity index (χ1) is 14.3. The molecule has 1 aliphatic rings. The monoisotopic (exact) mass is 444 g/mol. The van der Waals surface area contributed by atoms with E-state index in [9.17, 15) is 4.57 Å². The van der Waals surface area contributed by atoms with Crippen LogP contribution in [0.15, 0.2) is 36.4 Å². The predicted octanol–water partition coefficient (Wildman–Crippen LogP) is 6.21. The third-order valence-corrected chi connectivity index (χ3v) is 6.83. The molecule has 31 heavy (non-hydrogen) atoms. The number of benzene rings is 2. The Kier molecular flexibility index (Phi) is 6.55. The fraction of sp³-hybridized carbons (Fsp3) is 0.440. The van der Waals surface area contributed by atoms with Crippen LogP contribution in [0, 0.1) is 0 Å². The van der Waals surface area contributed by atoms with Crippen LogP contribution < -0.4 is 4.74 Å². The molecule has 2 aromatic rings. The summed E-state index contributed by atoms with van der Waals surface area (Å²) < 4.78 is 21.2.